The maximum absolute atomic E-state index is 5.81. The topological polar surface area (TPSA) is 27.7 Å². The second kappa shape index (κ2) is 3.29. The first-order valence-corrected chi connectivity index (χ1v) is 5.58. The van der Waals surface area contributed by atoms with Crippen LogP contribution in [0, 0.1) is 0 Å². The summed E-state index contributed by atoms with van der Waals surface area (Å²) < 4.78 is 17.0. The Kier molecular flexibility index (Phi) is 1.99. The molecule has 0 atom stereocenters. The predicted octanol–water partition coefficient (Wildman–Crippen LogP) is 3.36. The summed E-state index contributed by atoms with van der Waals surface area (Å²) in [6.45, 7) is 3.80. The lowest BCUT2D eigenvalue weighted by Crippen LogP contribution is -2.37. The van der Waals surface area contributed by atoms with E-state index >= 15 is 0 Å². The minimum Gasteiger partial charge on any atom is -0.496 e. The van der Waals surface area contributed by atoms with Gasteiger partial charge in [0.15, 0.2) is 0 Å². The van der Waals surface area contributed by atoms with Crippen LogP contribution in [0.5, 0.6) is 17.2 Å². The lowest BCUT2D eigenvalue weighted by Gasteiger charge is -2.33. The molecule has 1 heterocycles. The molecular weight excluding hydrogens is 216 g/mol. The minimum atomic E-state index is -0.629. The largest absolute Gasteiger partial charge is 0.496 e. The van der Waals surface area contributed by atoms with Crippen LogP contribution >= 0.6 is 0 Å². The monoisotopic (exact) mass is 230 g/mol. The standard InChI is InChI=1S/C14H14O3/c1-14(2)16-11-6-4-5-9-10(15-3)7-8-12(17-14)13(9)11/h4-8H,1-3H3. The third kappa shape index (κ3) is 1.50. The molecule has 1 aliphatic rings. The first-order chi connectivity index (χ1) is 8.11. The fourth-order valence-corrected chi connectivity index (χ4v) is 2.21. The van der Waals surface area contributed by atoms with E-state index in [2.05, 4.69) is 0 Å². The number of hydrogen-bond acceptors (Lipinski definition) is 3. The highest BCUT2D eigenvalue weighted by Gasteiger charge is 2.30. The van der Waals surface area contributed by atoms with Crippen molar-refractivity contribution in [3.05, 3.63) is 30.3 Å². The van der Waals surface area contributed by atoms with Crippen LogP contribution < -0.4 is 14.2 Å². The van der Waals surface area contributed by atoms with Gasteiger partial charge in [0.05, 0.1) is 12.5 Å². The molecule has 3 rings (SSSR count). The fraction of sp³-hybridized carbons (Fsp3) is 0.286. The number of ether oxygens (including phenoxy) is 3. The molecule has 0 spiro atoms. The van der Waals surface area contributed by atoms with E-state index in [9.17, 15) is 0 Å². The van der Waals surface area contributed by atoms with Gasteiger partial charge in [0.1, 0.15) is 17.2 Å². The van der Waals surface area contributed by atoms with E-state index in [4.69, 9.17) is 14.2 Å². The molecule has 3 heteroatoms. The Bertz CT molecular complexity index is 573. The molecule has 0 saturated carbocycles. The second-order valence-corrected chi connectivity index (χ2v) is 4.55. The number of methoxy groups -OCH3 is 1. The molecule has 0 aliphatic carbocycles. The van der Waals surface area contributed by atoms with Gasteiger partial charge in [-0.2, -0.15) is 0 Å². The zero-order valence-electron chi connectivity index (χ0n) is 10.1. The van der Waals surface area contributed by atoms with Crippen molar-refractivity contribution in [2.75, 3.05) is 7.11 Å². The molecule has 0 amide bonds. The van der Waals surface area contributed by atoms with Crippen LogP contribution in [-0.2, 0) is 0 Å². The van der Waals surface area contributed by atoms with E-state index in [0.717, 1.165) is 28.0 Å². The van der Waals surface area contributed by atoms with Gasteiger partial charge in [-0.25, -0.2) is 0 Å². The Labute approximate surface area is 99.9 Å². The van der Waals surface area contributed by atoms with E-state index in [1.807, 2.05) is 44.2 Å². The Morgan fingerprint density at radius 3 is 2.41 bits per heavy atom. The molecule has 2 aromatic carbocycles. The summed E-state index contributed by atoms with van der Waals surface area (Å²) in [5, 5.41) is 1.99. The van der Waals surface area contributed by atoms with Gasteiger partial charge < -0.3 is 14.2 Å². The summed E-state index contributed by atoms with van der Waals surface area (Å²) in [5.74, 6) is 1.88. The van der Waals surface area contributed by atoms with Crippen molar-refractivity contribution >= 4 is 10.8 Å². The molecule has 17 heavy (non-hydrogen) atoms. The molecule has 1 aliphatic heterocycles. The molecule has 0 radical (unpaired) electrons. The van der Waals surface area contributed by atoms with Crippen molar-refractivity contribution in [3.8, 4) is 17.2 Å². The first kappa shape index (κ1) is 10.3. The van der Waals surface area contributed by atoms with Gasteiger partial charge in [0.2, 0.25) is 5.79 Å². The Morgan fingerprint density at radius 2 is 1.71 bits per heavy atom. The molecule has 2 aromatic rings. The van der Waals surface area contributed by atoms with Crippen molar-refractivity contribution in [2.45, 2.75) is 19.6 Å². The fourth-order valence-electron chi connectivity index (χ4n) is 2.21. The molecule has 0 bridgehead atoms. The van der Waals surface area contributed by atoms with Crippen LogP contribution in [0.25, 0.3) is 10.8 Å². The van der Waals surface area contributed by atoms with Gasteiger partial charge in [-0.15, -0.1) is 0 Å². The molecule has 0 N–H and O–H groups in total. The van der Waals surface area contributed by atoms with Gasteiger partial charge in [-0.3, -0.25) is 0 Å². The zero-order valence-corrected chi connectivity index (χ0v) is 10.1. The van der Waals surface area contributed by atoms with Gasteiger partial charge in [-0.05, 0) is 18.2 Å². The first-order valence-electron chi connectivity index (χ1n) is 5.58. The molecule has 88 valence electrons. The highest BCUT2D eigenvalue weighted by molar-refractivity contribution is 5.98. The highest BCUT2D eigenvalue weighted by atomic mass is 16.7. The zero-order chi connectivity index (χ0) is 12.0. The third-order valence-electron chi connectivity index (χ3n) is 2.86. The van der Waals surface area contributed by atoms with Crippen LogP contribution in [0.3, 0.4) is 0 Å². The summed E-state index contributed by atoms with van der Waals surface area (Å²) >= 11 is 0. The molecule has 0 fully saturated rings. The minimum absolute atomic E-state index is 0.629. The average Bonchev–Trinajstić information content (AvgIpc) is 2.28. The van der Waals surface area contributed by atoms with Crippen LogP contribution in [0.1, 0.15) is 13.8 Å². The maximum Gasteiger partial charge on any atom is 0.245 e. The molecule has 0 unspecified atom stereocenters. The van der Waals surface area contributed by atoms with Crippen molar-refractivity contribution in [1.29, 1.82) is 0 Å². The van der Waals surface area contributed by atoms with E-state index in [1.165, 1.54) is 0 Å². The lowest BCUT2D eigenvalue weighted by atomic mass is 10.1. The third-order valence-corrected chi connectivity index (χ3v) is 2.86. The van der Waals surface area contributed by atoms with Crippen LogP contribution in [0.4, 0.5) is 0 Å². The SMILES string of the molecule is COc1ccc2c3c(cccc13)OC(C)(C)O2. The van der Waals surface area contributed by atoms with Gasteiger partial charge in [0.25, 0.3) is 0 Å². The number of rotatable bonds is 1. The second-order valence-electron chi connectivity index (χ2n) is 4.55. The highest BCUT2D eigenvalue weighted by Crippen LogP contribution is 2.44. The molecular formula is C14H14O3. The van der Waals surface area contributed by atoms with Crippen molar-refractivity contribution in [2.24, 2.45) is 0 Å². The molecule has 3 nitrogen and oxygen atoms in total. The number of benzene rings is 2. The summed E-state index contributed by atoms with van der Waals surface area (Å²) in [6, 6.07) is 9.77. The summed E-state index contributed by atoms with van der Waals surface area (Å²) in [7, 11) is 1.67. The van der Waals surface area contributed by atoms with E-state index in [0.29, 0.717) is 0 Å². The molecule has 0 aromatic heterocycles. The smallest absolute Gasteiger partial charge is 0.245 e. The van der Waals surface area contributed by atoms with Crippen LogP contribution in [0.15, 0.2) is 30.3 Å². The van der Waals surface area contributed by atoms with E-state index in [1.54, 1.807) is 7.11 Å². The van der Waals surface area contributed by atoms with Crippen molar-refractivity contribution in [1.82, 2.24) is 0 Å². The van der Waals surface area contributed by atoms with Crippen LogP contribution in [-0.4, -0.2) is 12.9 Å². The Hall–Kier alpha value is -1.90. The average molecular weight is 230 g/mol. The predicted molar refractivity (Wildman–Crippen MR) is 65.8 cm³/mol. The van der Waals surface area contributed by atoms with Gasteiger partial charge in [-0.1, -0.05) is 12.1 Å². The Morgan fingerprint density at radius 1 is 1.00 bits per heavy atom. The summed E-state index contributed by atoms with van der Waals surface area (Å²) in [4.78, 5) is 0. The summed E-state index contributed by atoms with van der Waals surface area (Å²) in [6.07, 6.45) is 0. The van der Waals surface area contributed by atoms with Crippen molar-refractivity contribution < 1.29 is 14.2 Å². The van der Waals surface area contributed by atoms with E-state index in [-0.39, 0.29) is 0 Å². The quantitative estimate of drug-likeness (QED) is 0.751. The lowest BCUT2D eigenvalue weighted by molar-refractivity contribution is -0.0861. The number of hydrogen-bond donors (Lipinski definition) is 0. The molecule has 0 saturated heterocycles. The van der Waals surface area contributed by atoms with Crippen molar-refractivity contribution in [3.63, 3.8) is 0 Å². The Balaban J connectivity index is 2.34. The maximum atomic E-state index is 5.81. The van der Waals surface area contributed by atoms with Gasteiger partial charge >= 0.3 is 0 Å². The normalized spacial score (nSPS) is 16.2. The van der Waals surface area contributed by atoms with E-state index < -0.39 is 5.79 Å². The summed E-state index contributed by atoms with van der Waals surface area (Å²) in [5.41, 5.74) is 0. The van der Waals surface area contributed by atoms with Crippen LogP contribution in [0.2, 0.25) is 0 Å². The van der Waals surface area contributed by atoms with Gasteiger partial charge in [0, 0.05) is 19.2 Å².